The van der Waals surface area contributed by atoms with Crippen LogP contribution in [0.1, 0.15) is 11.3 Å². The van der Waals surface area contributed by atoms with Crippen LogP contribution in [0.3, 0.4) is 0 Å². The summed E-state index contributed by atoms with van der Waals surface area (Å²) in [4.78, 5) is 7.92. The van der Waals surface area contributed by atoms with Crippen LogP contribution in [0.4, 0.5) is 0 Å². The molecule has 1 aromatic heterocycles. The number of methoxy groups -OCH3 is 1. The van der Waals surface area contributed by atoms with E-state index in [2.05, 4.69) is 9.97 Å². The smallest absolute Gasteiger partial charge is 0.161 e. The maximum atomic E-state index is 9.45. The molecule has 17 heavy (non-hydrogen) atoms. The number of hydrogen-bond donors (Lipinski definition) is 1. The zero-order valence-electron chi connectivity index (χ0n) is 9.37. The maximum Gasteiger partial charge on any atom is 0.161 e. The zero-order valence-corrected chi connectivity index (χ0v) is 9.37. The van der Waals surface area contributed by atoms with Crippen LogP contribution in [-0.2, 0) is 0 Å². The van der Waals surface area contributed by atoms with Crippen molar-refractivity contribution in [3.05, 3.63) is 48.0 Å². The summed E-state index contributed by atoms with van der Waals surface area (Å²) in [6, 6.07) is 6.97. The molecule has 0 atom stereocenters. The van der Waals surface area contributed by atoms with Gasteiger partial charge in [0.25, 0.3) is 0 Å². The Kier molecular flexibility index (Phi) is 3.35. The average Bonchev–Trinajstić information content (AvgIpc) is 2.39. The zero-order chi connectivity index (χ0) is 12.1. The molecule has 0 bridgehead atoms. The summed E-state index contributed by atoms with van der Waals surface area (Å²) in [6.45, 7) is 0. The summed E-state index contributed by atoms with van der Waals surface area (Å²) in [6.07, 6.45) is 6.94. The molecule has 0 saturated carbocycles. The van der Waals surface area contributed by atoms with E-state index in [1.54, 1.807) is 24.4 Å². The molecule has 0 radical (unpaired) electrons. The molecule has 1 aromatic carbocycles. The van der Waals surface area contributed by atoms with Crippen LogP contribution in [0.25, 0.3) is 12.2 Å². The average molecular weight is 228 g/mol. The first-order valence-electron chi connectivity index (χ1n) is 5.10. The van der Waals surface area contributed by atoms with Crippen molar-refractivity contribution < 1.29 is 9.84 Å². The van der Waals surface area contributed by atoms with Crippen LogP contribution in [0, 0.1) is 0 Å². The molecule has 0 saturated heterocycles. The summed E-state index contributed by atoms with van der Waals surface area (Å²) < 4.78 is 5.03. The predicted molar refractivity (Wildman–Crippen MR) is 65.6 cm³/mol. The fraction of sp³-hybridized carbons (Fsp3) is 0.0769. The second kappa shape index (κ2) is 5.12. The van der Waals surface area contributed by atoms with Gasteiger partial charge in [0.15, 0.2) is 11.5 Å². The molecule has 0 aliphatic carbocycles. The van der Waals surface area contributed by atoms with Crippen molar-refractivity contribution >= 4 is 12.2 Å². The monoisotopic (exact) mass is 228 g/mol. The van der Waals surface area contributed by atoms with Crippen molar-refractivity contribution in [2.45, 2.75) is 0 Å². The summed E-state index contributed by atoms with van der Waals surface area (Å²) in [5, 5.41) is 9.45. The lowest BCUT2D eigenvalue weighted by atomic mass is 10.2. The van der Waals surface area contributed by atoms with E-state index in [0.29, 0.717) is 5.75 Å². The standard InChI is InChI=1S/C13H12N2O2/c1-17-13-8-10(3-5-12(13)16)2-4-11-6-7-14-9-15-11/h2-9,16H,1H3. The van der Waals surface area contributed by atoms with E-state index in [4.69, 9.17) is 4.74 Å². The van der Waals surface area contributed by atoms with Crippen LogP contribution in [0.15, 0.2) is 36.8 Å². The van der Waals surface area contributed by atoms with Crippen molar-refractivity contribution in [2.75, 3.05) is 7.11 Å². The van der Waals surface area contributed by atoms with E-state index < -0.39 is 0 Å². The minimum absolute atomic E-state index is 0.131. The minimum atomic E-state index is 0.131. The van der Waals surface area contributed by atoms with Gasteiger partial charge in [-0.3, -0.25) is 0 Å². The van der Waals surface area contributed by atoms with Crippen LogP contribution in [0.2, 0.25) is 0 Å². The first kappa shape index (κ1) is 11.1. The van der Waals surface area contributed by atoms with E-state index in [0.717, 1.165) is 11.3 Å². The molecule has 0 aliphatic heterocycles. The summed E-state index contributed by atoms with van der Waals surface area (Å²) in [5.41, 5.74) is 1.75. The van der Waals surface area contributed by atoms with E-state index in [-0.39, 0.29) is 5.75 Å². The Labute approximate surface area is 99.2 Å². The normalized spacial score (nSPS) is 10.6. The molecule has 0 fully saturated rings. The van der Waals surface area contributed by atoms with Crippen LogP contribution in [0.5, 0.6) is 11.5 Å². The van der Waals surface area contributed by atoms with Gasteiger partial charge in [-0.25, -0.2) is 9.97 Å². The lowest BCUT2D eigenvalue weighted by Crippen LogP contribution is -1.84. The summed E-state index contributed by atoms with van der Waals surface area (Å²) in [7, 11) is 1.52. The SMILES string of the molecule is COc1cc(C=Cc2ccncn2)ccc1O. The molecule has 86 valence electrons. The van der Waals surface area contributed by atoms with E-state index >= 15 is 0 Å². The molecule has 4 heteroatoms. The predicted octanol–water partition coefficient (Wildman–Crippen LogP) is 2.36. The van der Waals surface area contributed by atoms with Crippen LogP contribution >= 0.6 is 0 Å². The second-order valence-electron chi connectivity index (χ2n) is 3.40. The molecule has 2 aromatic rings. The number of nitrogens with zero attached hydrogens (tertiary/aromatic N) is 2. The van der Waals surface area contributed by atoms with Gasteiger partial charge in [0.05, 0.1) is 12.8 Å². The first-order valence-corrected chi connectivity index (χ1v) is 5.10. The van der Waals surface area contributed by atoms with Crippen molar-refractivity contribution in [1.82, 2.24) is 9.97 Å². The van der Waals surface area contributed by atoms with E-state index in [1.807, 2.05) is 18.2 Å². The lowest BCUT2D eigenvalue weighted by molar-refractivity contribution is 0.373. The highest BCUT2D eigenvalue weighted by Gasteiger charge is 2.00. The minimum Gasteiger partial charge on any atom is -0.504 e. The molecule has 2 rings (SSSR count). The Balaban J connectivity index is 2.22. The number of phenolic OH excluding ortho intramolecular Hbond substituents is 1. The van der Waals surface area contributed by atoms with Crippen molar-refractivity contribution in [3.8, 4) is 11.5 Å². The van der Waals surface area contributed by atoms with Gasteiger partial charge in [-0.2, -0.15) is 0 Å². The number of hydrogen-bond acceptors (Lipinski definition) is 4. The number of rotatable bonds is 3. The molecule has 0 aliphatic rings. The highest BCUT2D eigenvalue weighted by molar-refractivity contribution is 5.69. The second-order valence-corrected chi connectivity index (χ2v) is 3.40. The number of benzene rings is 1. The Morgan fingerprint density at radius 3 is 2.82 bits per heavy atom. The molecule has 1 N–H and O–H groups in total. The summed E-state index contributed by atoms with van der Waals surface area (Å²) in [5.74, 6) is 0.585. The number of aromatic hydroxyl groups is 1. The molecule has 0 spiro atoms. The first-order chi connectivity index (χ1) is 8.29. The number of phenols is 1. The van der Waals surface area contributed by atoms with Gasteiger partial charge in [-0.1, -0.05) is 12.1 Å². The van der Waals surface area contributed by atoms with Gasteiger partial charge >= 0.3 is 0 Å². The van der Waals surface area contributed by atoms with Gasteiger partial charge in [0, 0.05) is 6.20 Å². The highest BCUT2D eigenvalue weighted by Crippen LogP contribution is 2.26. The molecular weight excluding hydrogens is 216 g/mol. The molecule has 0 amide bonds. The van der Waals surface area contributed by atoms with Crippen molar-refractivity contribution in [2.24, 2.45) is 0 Å². The fourth-order valence-corrected chi connectivity index (χ4v) is 1.38. The quantitative estimate of drug-likeness (QED) is 0.876. The molecular formula is C13H12N2O2. The van der Waals surface area contributed by atoms with Crippen LogP contribution < -0.4 is 4.74 Å². The fourth-order valence-electron chi connectivity index (χ4n) is 1.38. The molecule has 0 unspecified atom stereocenters. The van der Waals surface area contributed by atoms with E-state index in [9.17, 15) is 5.11 Å². The third kappa shape index (κ3) is 2.81. The Hall–Kier alpha value is -2.36. The van der Waals surface area contributed by atoms with Gasteiger partial charge < -0.3 is 9.84 Å². The largest absolute Gasteiger partial charge is 0.504 e. The maximum absolute atomic E-state index is 9.45. The van der Waals surface area contributed by atoms with Gasteiger partial charge in [0.1, 0.15) is 6.33 Å². The lowest BCUT2D eigenvalue weighted by Gasteiger charge is -2.03. The topological polar surface area (TPSA) is 55.2 Å². The molecule has 4 nitrogen and oxygen atoms in total. The number of aromatic nitrogens is 2. The third-order valence-corrected chi connectivity index (χ3v) is 2.26. The van der Waals surface area contributed by atoms with Gasteiger partial charge in [-0.15, -0.1) is 0 Å². The number of ether oxygens (including phenoxy) is 1. The van der Waals surface area contributed by atoms with Crippen molar-refractivity contribution in [3.63, 3.8) is 0 Å². The highest BCUT2D eigenvalue weighted by atomic mass is 16.5. The Morgan fingerprint density at radius 2 is 2.12 bits per heavy atom. The third-order valence-electron chi connectivity index (χ3n) is 2.26. The Morgan fingerprint density at radius 1 is 1.24 bits per heavy atom. The van der Waals surface area contributed by atoms with Gasteiger partial charge in [0.2, 0.25) is 0 Å². The Bertz CT molecular complexity index is 524. The molecule has 1 heterocycles. The van der Waals surface area contributed by atoms with E-state index in [1.165, 1.54) is 13.4 Å². The van der Waals surface area contributed by atoms with Crippen molar-refractivity contribution in [1.29, 1.82) is 0 Å². The van der Waals surface area contributed by atoms with Gasteiger partial charge in [-0.05, 0) is 29.8 Å². The van der Waals surface area contributed by atoms with Crippen LogP contribution in [-0.4, -0.2) is 22.2 Å². The summed E-state index contributed by atoms with van der Waals surface area (Å²) >= 11 is 0.